The summed E-state index contributed by atoms with van der Waals surface area (Å²) in [7, 11) is 0. The Morgan fingerprint density at radius 3 is 2.47 bits per heavy atom. The third kappa shape index (κ3) is 1.39. The molecule has 1 aliphatic heterocycles. The second kappa shape index (κ2) is 3.73. The van der Waals surface area contributed by atoms with E-state index in [2.05, 4.69) is 12.2 Å². The van der Waals surface area contributed by atoms with E-state index in [-0.39, 0.29) is 22.1 Å². The molecule has 0 aromatic rings. The smallest absolute Gasteiger partial charge is 0.216 e. The maximum Gasteiger partial charge on any atom is 0.216 e. The summed E-state index contributed by atoms with van der Waals surface area (Å²) >= 11 is 24.3. The van der Waals surface area contributed by atoms with Crippen molar-refractivity contribution in [1.82, 2.24) is 0 Å². The molecule has 0 N–H and O–H groups in total. The molecule has 4 atom stereocenters. The normalized spacial score (nSPS) is 45.6. The van der Waals surface area contributed by atoms with Crippen molar-refractivity contribution < 1.29 is 9.53 Å². The fourth-order valence-corrected chi connectivity index (χ4v) is 4.90. The second-order valence-corrected chi connectivity index (χ2v) is 7.40. The predicted molar refractivity (Wildman–Crippen MR) is 74.3 cm³/mol. The molecule has 1 heterocycles. The van der Waals surface area contributed by atoms with Gasteiger partial charge in [0.05, 0.1) is 10.6 Å². The number of rotatable bonds is 0. The zero-order valence-electron chi connectivity index (χ0n) is 9.50. The molecule has 4 unspecified atom stereocenters. The minimum Gasteiger partial charge on any atom is -0.493 e. The molecule has 0 amide bonds. The number of ether oxygens (including phenoxy) is 1. The quantitative estimate of drug-likeness (QED) is 0.495. The molecular formula is C13H8Cl4O2. The van der Waals surface area contributed by atoms with E-state index in [9.17, 15) is 4.79 Å². The van der Waals surface area contributed by atoms with Crippen LogP contribution >= 0.6 is 46.4 Å². The molecule has 6 heteroatoms. The lowest BCUT2D eigenvalue weighted by atomic mass is 9.90. The summed E-state index contributed by atoms with van der Waals surface area (Å²) in [4.78, 5) is 11.9. The van der Waals surface area contributed by atoms with E-state index in [1.807, 2.05) is 0 Å². The molecule has 2 nitrogen and oxygen atoms in total. The van der Waals surface area contributed by atoms with Crippen molar-refractivity contribution >= 4 is 52.2 Å². The van der Waals surface area contributed by atoms with Gasteiger partial charge in [-0.15, -0.1) is 0 Å². The van der Waals surface area contributed by atoms with Gasteiger partial charge in [0, 0.05) is 17.8 Å². The highest BCUT2D eigenvalue weighted by atomic mass is 35.5. The number of carbonyl (C=O) groups excluding carboxylic acids is 1. The van der Waals surface area contributed by atoms with Crippen LogP contribution in [0.1, 0.15) is 6.42 Å². The first-order chi connectivity index (χ1) is 8.93. The lowest BCUT2D eigenvalue weighted by molar-refractivity contribution is -0.114. The number of alkyl halides is 2. The van der Waals surface area contributed by atoms with Gasteiger partial charge in [0.15, 0.2) is 0 Å². The maximum absolute atomic E-state index is 11.9. The first-order valence-electron chi connectivity index (χ1n) is 6.01. The number of hydrogen-bond donors (Lipinski definition) is 0. The number of Topliss-reactive ketones (excluding diaryl/α,β-unsaturated/α-hetero) is 1. The Morgan fingerprint density at radius 2 is 1.95 bits per heavy atom. The van der Waals surface area contributed by atoms with Crippen LogP contribution in [0.4, 0.5) is 0 Å². The van der Waals surface area contributed by atoms with Crippen LogP contribution in [0, 0.1) is 17.8 Å². The van der Waals surface area contributed by atoms with Crippen LogP contribution in [0.3, 0.4) is 0 Å². The van der Waals surface area contributed by atoms with Crippen LogP contribution in [-0.4, -0.2) is 16.2 Å². The van der Waals surface area contributed by atoms with Crippen LogP contribution in [0.25, 0.3) is 0 Å². The van der Waals surface area contributed by atoms with Crippen molar-refractivity contribution in [3.05, 3.63) is 33.5 Å². The summed E-state index contributed by atoms with van der Waals surface area (Å²) < 4.78 is 4.23. The number of halogens is 4. The number of carbonyl (C=O) groups is 1. The fourth-order valence-electron chi connectivity index (χ4n) is 3.59. The topological polar surface area (TPSA) is 26.3 Å². The molecule has 4 bridgehead atoms. The lowest BCUT2D eigenvalue weighted by Gasteiger charge is -2.26. The van der Waals surface area contributed by atoms with Gasteiger partial charge >= 0.3 is 0 Å². The molecule has 4 rings (SSSR count). The largest absolute Gasteiger partial charge is 0.493 e. The van der Waals surface area contributed by atoms with Gasteiger partial charge in [-0.25, -0.2) is 0 Å². The van der Waals surface area contributed by atoms with E-state index in [0.717, 1.165) is 6.42 Å². The Balaban J connectivity index is 1.87. The van der Waals surface area contributed by atoms with E-state index in [0.29, 0.717) is 23.2 Å². The van der Waals surface area contributed by atoms with Crippen molar-refractivity contribution in [2.75, 3.05) is 0 Å². The molecule has 100 valence electrons. The highest BCUT2D eigenvalue weighted by Crippen LogP contribution is 2.60. The van der Waals surface area contributed by atoms with Gasteiger partial charge in [-0.05, 0) is 6.42 Å². The number of hydrogen-bond acceptors (Lipinski definition) is 2. The minimum absolute atomic E-state index is 0.110. The van der Waals surface area contributed by atoms with Gasteiger partial charge in [0.2, 0.25) is 10.1 Å². The van der Waals surface area contributed by atoms with Gasteiger partial charge < -0.3 is 4.74 Å². The van der Waals surface area contributed by atoms with Gasteiger partial charge in [0.1, 0.15) is 16.9 Å². The van der Waals surface area contributed by atoms with Gasteiger partial charge in [0.25, 0.3) is 0 Å². The van der Waals surface area contributed by atoms with Gasteiger partial charge in [-0.3, -0.25) is 4.79 Å². The van der Waals surface area contributed by atoms with Crippen LogP contribution in [-0.2, 0) is 9.53 Å². The highest BCUT2D eigenvalue weighted by Gasteiger charge is 2.59. The van der Waals surface area contributed by atoms with Crippen molar-refractivity contribution in [1.29, 1.82) is 0 Å². The summed E-state index contributed by atoms with van der Waals surface area (Å²) in [5.41, 5.74) is 0.346. The first kappa shape index (κ1) is 12.6. The van der Waals surface area contributed by atoms with E-state index >= 15 is 0 Å². The summed E-state index contributed by atoms with van der Waals surface area (Å²) in [6.45, 7) is 0. The Morgan fingerprint density at radius 1 is 1.21 bits per heavy atom. The molecule has 0 aromatic heterocycles. The summed E-state index contributed by atoms with van der Waals surface area (Å²) in [6.07, 6.45) is 5.48. The molecule has 0 radical (unpaired) electrons. The van der Waals surface area contributed by atoms with Crippen molar-refractivity contribution in [3.63, 3.8) is 0 Å². The van der Waals surface area contributed by atoms with Crippen LogP contribution in [0.15, 0.2) is 33.5 Å². The third-order valence-electron chi connectivity index (χ3n) is 4.43. The summed E-state index contributed by atoms with van der Waals surface area (Å²) in [6, 6.07) is 0. The molecule has 4 aliphatic rings. The Hall–Kier alpha value is -0.150. The monoisotopic (exact) mass is 336 g/mol. The van der Waals surface area contributed by atoms with Crippen molar-refractivity contribution in [2.45, 2.75) is 16.9 Å². The molecule has 1 saturated heterocycles. The Labute approximate surface area is 130 Å². The van der Waals surface area contributed by atoms with Crippen LogP contribution in [0.2, 0.25) is 0 Å². The van der Waals surface area contributed by atoms with Crippen molar-refractivity contribution in [2.24, 2.45) is 17.8 Å². The van der Waals surface area contributed by atoms with E-state index in [1.54, 1.807) is 0 Å². The maximum atomic E-state index is 11.9. The van der Waals surface area contributed by atoms with Gasteiger partial charge in [-0.2, -0.15) is 0 Å². The number of ketones is 1. The fraction of sp³-hybridized carbons (Fsp3) is 0.462. The highest BCUT2D eigenvalue weighted by molar-refractivity contribution is 6.70. The molecule has 19 heavy (non-hydrogen) atoms. The summed E-state index contributed by atoms with van der Waals surface area (Å²) in [5.74, 6) is 1.08. The molecular weight excluding hydrogens is 330 g/mol. The predicted octanol–water partition coefficient (Wildman–Crippen LogP) is 3.91. The standard InChI is InChI=1S/C13H8Cl4O2/c14-8-7(13(16,17)12(18)9(8)15)11-6-3-4-1-2-5(6)10(4)19-11/h1-2,4-6,10H,3H2. The first-order valence-corrected chi connectivity index (χ1v) is 7.52. The molecule has 0 spiro atoms. The molecule has 2 fully saturated rings. The van der Waals surface area contributed by atoms with Crippen LogP contribution in [0.5, 0.6) is 0 Å². The second-order valence-electron chi connectivity index (χ2n) is 5.32. The Kier molecular flexibility index (Phi) is 2.47. The average Bonchev–Trinajstić information content (AvgIpc) is 3.05. The summed E-state index contributed by atoms with van der Waals surface area (Å²) in [5, 5.41) is 0.0142. The lowest BCUT2D eigenvalue weighted by Crippen LogP contribution is -2.26. The zero-order valence-corrected chi connectivity index (χ0v) is 12.5. The van der Waals surface area contributed by atoms with Crippen LogP contribution < -0.4 is 0 Å². The van der Waals surface area contributed by atoms with E-state index < -0.39 is 10.1 Å². The molecule has 0 aromatic carbocycles. The molecule has 1 saturated carbocycles. The van der Waals surface area contributed by atoms with E-state index in [1.165, 1.54) is 0 Å². The average molecular weight is 338 g/mol. The number of allylic oxidation sites excluding steroid dienone is 4. The van der Waals surface area contributed by atoms with E-state index in [4.69, 9.17) is 51.1 Å². The SMILES string of the molecule is O=C1C(Cl)=C(Cl)C(=C2OC3C4C=CC3C2C4)C1(Cl)Cl. The minimum atomic E-state index is -1.73. The van der Waals surface area contributed by atoms with Gasteiger partial charge in [-0.1, -0.05) is 58.6 Å². The zero-order chi connectivity index (χ0) is 13.5. The van der Waals surface area contributed by atoms with Crippen molar-refractivity contribution in [3.8, 4) is 0 Å². The molecule has 3 aliphatic carbocycles. The Bertz CT molecular complexity index is 602. The third-order valence-corrected chi connectivity index (χ3v) is 5.99.